The second-order valence-electron chi connectivity index (χ2n) is 7.43. The smallest absolute Gasteiger partial charge is 0.229 e. The van der Waals surface area contributed by atoms with E-state index in [0.29, 0.717) is 15.9 Å². The Morgan fingerprint density at radius 3 is 2.34 bits per heavy atom. The number of hydrogen-bond donors (Lipinski definition) is 5. The lowest BCUT2D eigenvalue weighted by molar-refractivity contribution is -0.277. The van der Waals surface area contributed by atoms with Crippen LogP contribution in [0.4, 0.5) is 0 Å². The van der Waals surface area contributed by atoms with Gasteiger partial charge in [-0.3, -0.25) is 0 Å². The summed E-state index contributed by atoms with van der Waals surface area (Å²) in [6, 6.07) is 14.5. The lowest BCUT2D eigenvalue weighted by atomic mass is 9.99. The molecular formula is C22H23ClN2O6S. The van der Waals surface area contributed by atoms with Gasteiger partial charge in [0.05, 0.1) is 17.6 Å². The topological polar surface area (TPSA) is 138 Å². The molecule has 0 aromatic heterocycles. The Labute approximate surface area is 194 Å². The fourth-order valence-electron chi connectivity index (χ4n) is 3.47. The minimum absolute atomic E-state index is 0.0699. The average molecular weight is 479 g/mol. The van der Waals surface area contributed by atoms with Crippen LogP contribution in [-0.2, 0) is 4.74 Å². The molecule has 1 saturated heterocycles. The fraction of sp³-hybridized carbons (Fsp3) is 0.318. The van der Waals surface area contributed by atoms with E-state index >= 15 is 0 Å². The summed E-state index contributed by atoms with van der Waals surface area (Å²) in [5.41, 5.74) is 8.67. The maximum atomic E-state index is 10.1. The van der Waals surface area contributed by atoms with Crippen LogP contribution in [0.15, 0.2) is 59.6 Å². The van der Waals surface area contributed by atoms with Gasteiger partial charge in [-0.1, -0.05) is 47.6 Å². The molecule has 2 aliphatic heterocycles. The van der Waals surface area contributed by atoms with Gasteiger partial charge in [-0.05, 0) is 35.9 Å². The Hall–Kier alpha value is -2.11. The molecule has 2 heterocycles. The van der Waals surface area contributed by atoms with Crippen molar-refractivity contribution in [2.75, 3.05) is 6.61 Å². The van der Waals surface area contributed by atoms with Crippen molar-refractivity contribution in [1.82, 2.24) is 0 Å². The van der Waals surface area contributed by atoms with Crippen LogP contribution < -0.4 is 10.5 Å². The fourth-order valence-corrected chi connectivity index (χ4v) is 4.50. The third kappa shape index (κ3) is 4.94. The quantitative estimate of drug-likeness (QED) is 0.437. The van der Waals surface area contributed by atoms with Gasteiger partial charge >= 0.3 is 0 Å². The summed E-state index contributed by atoms with van der Waals surface area (Å²) in [6.07, 6.45) is -4.66. The highest BCUT2D eigenvalue weighted by Gasteiger charge is 2.44. The summed E-state index contributed by atoms with van der Waals surface area (Å²) >= 11 is 7.39. The molecule has 0 saturated carbocycles. The summed E-state index contributed by atoms with van der Waals surface area (Å²) in [5.74, 6) is 0.391. The lowest BCUT2D eigenvalue weighted by Gasteiger charge is -2.39. The van der Waals surface area contributed by atoms with Crippen LogP contribution in [-0.4, -0.2) is 62.9 Å². The Bertz CT molecular complexity index is 998. The van der Waals surface area contributed by atoms with Crippen LogP contribution in [0.5, 0.6) is 5.75 Å². The van der Waals surface area contributed by atoms with Crippen molar-refractivity contribution < 1.29 is 29.9 Å². The molecule has 6 N–H and O–H groups in total. The predicted molar refractivity (Wildman–Crippen MR) is 122 cm³/mol. The minimum Gasteiger partial charge on any atom is -0.462 e. The number of benzene rings is 2. The maximum absolute atomic E-state index is 10.1. The molecule has 0 bridgehead atoms. The van der Waals surface area contributed by atoms with E-state index in [0.717, 1.165) is 16.8 Å². The number of amidine groups is 1. The molecule has 2 aromatic rings. The Balaban J connectivity index is 1.48. The van der Waals surface area contributed by atoms with Crippen LogP contribution in [0.1, 0.15) is 16.4 Å². The molecule has 8 nitrogen and oxygen atoms in total. The molecular weight excluding hydrogens is 456 g/mol. The summed E-state index contributed by atoms with van der Waals surface area (Å²) in [5, 5.41) is 40.2. The van der Waals surface area contributed by atoms with Gasteiger partial charge in [0.15, 0.2) is 5.17 Å². The van der Waals surface area contributed by atoms with Gasteiger partial charge in [0, 0.05) is 10.6 Å². The molecule has 1 fully saturated rings. The molecule has 0 amide bonds. The third-order valence-corrected chi connectivity index (χ3v) is 6.48. The monoisotopic (exact) mass is 478 g/mol. The molecule has 2 aliphatic rings. The van der Waals surface area contributed by atoms with Gasteiger partial charge in [-0.2, -0.15) is 0 Å². The number of ether oxygens (including phenoxy) is 2. The van der Waals surface area contributed by atoms with Crippen molar-refractivity contribution >= 4 is 34.2 Å². The molecule has 0 radical (unpaired) electrons. The third-order valence-electron chi connectivity index (χ3n) is 5.24. The Morgan fingerprint density at radius 1 is 1.00 bits per heavy atom. The van der Waals surface area contributed by atoms with Crippen LogP contribution in [0.25, 0.3) is 5.70 Å². The van der Waals surface area contributed by atoms with E-state index < -0.39 is 37.3 Å². The van der Waals surface area contributed by atoms with E-state index in [1.54, 1.807) is 24.3 Å². The van der Waals surface area contributed by atoms with Crippen molar-refractivity contribution in [3.8, 4) is 5.75 Å². The largest absolute Gasteiger partial charge is 0.462 e. The standard InChI is InChI=1S/C22H23ClN2O6S/c23-13-5-1-11(2-6-13)15-9-17(32-22(24)25-15)12-3-7-14(8-4-12)30-21-20(29)19(28)18(27)16(10-26)31-21/h1-9,16-21,26-29H,10H2,(H2,24,25)/t16-,17?,18-,19-,20-,21-/m1/s1. The minimum atomic E-state index is -1.50. The molecule has 170 valence electrons. The maximum Gasteiger partial charge on any atom is 0.229 e. The normalized spacial score (nSPS) is 30.4. The molecule has 6 atom stereocenters. The predicted octanol–water partition coefficient (Wildman–Crippen LogP) is 1.66. The van der Waals surface area contributed by atoms with E-state index in [2.05, 4.69) is 4.99 Å². The van der Waals surface area contributed by atoms with Gasteiger partial charge < -0.3 is 35.6 Å². The molecule has 4 rings (SSSR count). The van der Waals surface area contributed by atoms with Gasteiger partial charge in [-0.25, -0.2) is 4.99 Å². The van der Waals surface area contributed by atoms with Crippen LogP contribution in [0.3, 0.4) is 0 Å². The lowest BCUT2D eigenvalue weighted by Crippen LogP contribution is -2.60. The van der Waals surface area contributed by atoms with E-state index in [9.17, 15) is 20.4 Å². The summed E-state index contributed by atoms with van der Waals surface area (Å²) < 4.78 is 11.0. The second kappa shape index (κ2) is 9.80. The van der Waals surface area contributed by atoms with Gasteiger partial charge in [0.25, 0.3) is 0 Å². The first-order valence-corrected chi connectivity index (χ1v) is 11.2. The zero-order valence-electron chi connectivity index (χ0n) is 16.8. The number of aliphatic hydroxyl groups is 4. The molecule has 10 heteroatoms. The van der Waals surface area contributed by atoms with Crippen molar-refractivity contribution in [2.24, 2.45) is 10.7 Å². The SMILES string of the molecule is NC1=NC(c2ccc(Cl)cc2)=CC(c2ccc(O[C@@H]3O[C@H](CO)[C@@H](O)[C@@H](O)[C@H]3O)cc2)S1. The zero-order chi connectivity index (χ0) is 22.8. The number of thioether (sulfide) groups is 1. The number of rotatable bonds is 5. The average Bonchev–Trinajstić information content (AvgIpc) is 2.80. The van der Waals surface area contributed by atoms with E-state index in [-0.39, 0.29) is 5.25 Å². The van der Waals surface area contributed by atoms with Crippen molar-refractivity contribution in [1.29, 1.82) is 0 Å². The Morgan fingerprint density at radius 2 is 1.69 bits per heavy atom. The number of aliphatic hydroxyl groups excluding tert-OH is 4. The summed E-state index contributed by atoms with van der Waals surface area (Å²) in [6.45, 7) is -0.520. The first-order chi connectivity index (χ1) is 15.4. The molecule has 0 aliphatic carbocycles. The molecule has 0 spiro atoms. The second-order valence-corrected chi connectivity index (χ2v) is 9.03. The highest BCUT2D eigenvalue weighted by Crippen LogP contribution is 2.38. The summed E-state index contributed by atoms with van der Waals surface area (Å²) in [7, 11) is 0. The van der Waals surface area contributed by atoms with Crippen LogP contribution in [0.2, 0.25) is 5.02 Å². The van der Waals surface area contributed by atoms with Crippen molar-refractivity contribution in [3.63, 3.8) is 0 Å². The van der Waals surface area contributed by atoms with Gasteiger partial charge in [-0.15, -0.1) is 0 Å². The molecule has 32 heavy (non-hydrogen) atoms. The number of nitrogens with two attached hydrogens (primary N) is 1. The first-order valence-electron chi connectivity index (χ1n) is 9.91. The van der Waals surface area contributed by atoms with E-state index in [4.69, 9.17) is 26.8 Å². The molecule has 1 unspecified atom stereocenters. The van der Waals surface area contributed by atoms with E-state index in [1.807, 2.05) is 30.3 Å². The number of nitrogens with zero attached hydrogens (tertiary/aromatic N) is 1. The van der Waals surface area contributed by atoms with Gasteiger partial charge in [0.1, 0.15) is 30.2 Å². The number of hydrogen-bond acceptors (Lipinski definition) is 9. The van der Waals surface area contributed by atoms with Gasteiger partial charge in [0.2, 0.25) is 6.29 Å². The van der Waals surface area contributed by atoms with Crippen LogP contribution >= 0.6 is 23.4 Å². The van der Waals surface area contributed by atoms with E-state index in [1.165, 1.54) is 11.8 Å². The Kier molecular flexibility index (Phi) is 7.06. The summed E-state index contributed by atoms with van der Waals surface area (Å²) in [4.78, 5) is 4.43. The zero-order valence-corrected chi connectivity index (χ0v) is 18.4. The van der Waals surface area contributed by atoms with Crippen molar-refractivity contribution in [3.05, 3.63) is 70.8 Å². The van der Waals surface area contributed by atoms with Crippen LogP contribution in [0, 0.1) is 0 Å². The molecule has 2 aromatic carbocycles. The number of halogens is 1. The first kappa shape index (κ1) is 23.1. The highest BCUT2D eigenvalue weighted by atomic mass is 35.5. The number of aliphatic imine (C=N–C) groups is 1. The van der Waals surface area contributed by atoms with Crippen molar-refractivity contribution in [2.45, 2.75) is 36.0 Å². The highest BCUT2D eigenvalue weighted by molar-refractivity contribution is 8.14.